The van der Waals surface area contributed by atoms with Gasteiger partial charge in [0.2, 0.25) is 0 Å². The van der Waals surface area contributed by atoms with E-state index in [4.69, 9.17) is 20.8 Å². The molecule has 0 unspecified atom stereocenters. The molecule has 0 saturated heterocycles. The number of rotatable bonds is 4. The summed E-state index contributed by atoms with van der Waals surface area (Å²) in [5, 5.41) is 9.87. The van der Waals surface area contributed by atoms with Crippen LogP contribution in [0.1, 0.15) is 35.4 Å². The van der Waals surface area contributed by atoms with Crippen LogP contribution in [0.3, 0.4) is 0 Å². The smallest absolute Gasteiger partial charge is 0.196 e. The molecule has 160 valence electrons. The van der Waals surface area contributed by atoms with Crippen LogP contribution in [0, 0.1) is 31.0 Å². The highest BCUT2D eigenvalue weighted by Crippen LogP contribution is 2.33. The van der Waals surface area contributed by atoms with Gasteiger partial charge in [0.1, 0.15) is 28.6 Å². The molecule has 1 aromatic carbocycles. The van der Waals surface area contributed by atoms with Gasteiger partial charge in [0.05, 0.1) is 5.39 Å². The van der Waals surface area contributed by atoms with Crippen molar-refractivity contribution in [1.29, 1.82) is 5.26 Å². The van der Waals surface area contributed by atoms with E-state index in [1.54, 1.807) is 26.0 Å². The van der Waals surface area contributed by atoms with Crippen molar-refractivity contribution in [2.75, 3.05) is 0 Å². The topological polar surface area (TPSA) is 89.0 Å². The lowest BCUT2D eigenvalue weighted by Gasteiger charge is -2.18. The molecule has 0 N–H and O–H groups in total. The van der Waals surface area contributed by atoms with Gasteiger partial charge in [-0.15, -0.1) is 0 Å². The van der Waals surface area contributed by atoms with Crippen LogP contribution in [0.4, 0.5) is 4.39 Å². The first-order valence-electron chi connectivity index (χ1n) is 9.72. The van der Waals surface area contributed by atoms with Gasteiger partial charge in [-0.2, -0.15) is 5.26 Å². The molecular weight excluding hydrogens is 433 g/mol. The predicted octanol–water partition coefficient (Wildman–Crippen LogP) is 5.67. The van der Waals surface area contributed by atoms with Crippen LogP contribution in [0.25, 0.3) is 22.4 Å². The van der Waals surface area contributed by atoms with Crippen molar-refractivity contribution in [3.63, 3.8) is 0 Å². The summed E-state index contributed by atoms with van der Waals surface area (Å²) in [5.41, 5.74) is 1.62. The minimum absolute atomic E-state index is 0.0369. The van der Waals surface area contributed by atoms with Gasteiger partial charge in [-0.1, -0.05) is 11.6 Å². The fourth-order valence-electron chi connectivity index (χ4n) is 3.50. The molecule has 0 amide bonds. The first-order chi connectivity index (χ1) is 15.3. The summed E-state index contributed by atoms with van der Waals surface area (Å²) in [7, 11) is 0. The number of halogens is 2. The highest BCUT2D eigenvalue weighted by molar-refractivity contribution is 6.29. The molecule has 0 aliphatic carbocycles. The van der Waals surface area contributed by atoms with E-state index in [0.29, 0.717) is 10.9 Å². The zero-order valence-electron chi connectivity index (χ0n) is 17.4. The van der Waals surface area contributed by atoms with Crippen molar-refractivity contribution in [3.8, 4) is 23.3 Å². The molecule has 8 heteroatoms. The second-order valence-corrected chi connectivity index (χ2v) is 7.69. The molecule has 0 aliphatic heterocycles. The van der Waals surface area contributed by atoms with Crippen LogP contribution in [0.15, 0.2) is 51.8 Å². The Morgan fingerprint density at radius 2 is 2.03 bits per heavy atom. The van der Waals surface area contributed by atoms with E-state index in [-0.39, 0.29) is 44.6 Å². The van der Waals surface area contributed by atoms with Crippen molar-refractivity contribution in [2.24, 2.45) is 0 Å². The summed E-state index contributed by atoms with van der Waals surface area (Å²) in [4.78, 5) is 21.2. The molecule has 0 saturated carbocycles. The molecule has 32 heavy (non-hydrogen) atoms. The fourth-order valence-corrected chi connectivity index (χ4v) is 3.65. The number of benzene rings is 1. The molecule has 3 aromatic heterocycles. The standard InChI is InChI=1S/C24H17ClFN3O3/c1-12-9-15(14(3)31-19-6-7-20(25)29-18(19)11-27)24-16(10-12)22(30)13(2)23(32-24)21-17(26)5-4-8-28-21/h4-10,14H,1-3H3/t14-/m1/s1. The average molecular weight is 450 g/mol. The van der Waals surface area contributed by atoms with E-state index >= 15 is 0 Å². The maximum atomic E-state index is 14.4. The zero-order valence-corrected chi connectivity index (χ0v) is 18.2. The summed E-state index contributed by atoms with van der Waals surface area (Å²) in [6.45, 7) is 5.18. The molecule has 6 nitrogen and oxygen atoms in total. The molecule has 0 aliphatic rings. The Bertz CT molecular complexity index is 1460. The van der Waals surface area contributed by atoms with Gasteiger partial charge in [-0.25, -0.2) is 14.4 Å². The van der Waals surface area contributed by atoms with Crippen molar-refractivity contribution < 1.29 is 13.5 Å². The number of pyridine rings is 2. The third kappa shape index (κ3) is 3.81. The van der Waals surface area contributed by atoms with E-state index in [0.717, 1.165) is 5.56 Å². The number of hydrogen-bond donors (Lipinski definition) is 0. The summed E-state index contributed by atoms with van der Waals surface area (Å²) in [5.74, 6) is -0.296. The lowest BCUT2D eigenvalue weighted by molar-refractivity contribution is 0.225. The zero-order chi connectivity index (χ0) is 23.0. The van der Waals surface area contributed by atoms with Gasteiger partial charge in [0.25, 0.3) is 0 Å². The maximum absolute atomic E-state index is 14.4. The molecule has 0 spiro atoms. The van der Waals surface area contributed by atoms with Crippen LogP contribution < -0.4 is 10.2 Å². The minimum Gasteiger partial charge on any atom is -0.483 e. The number of aryl methyl sites for hydroxylation is 1. The van der Waals surface area contributed by atoms with E-state index in [2.05, 4.69) is 9.97 Å². The Balaban J connectivity index is 1.91. The monoisotopic (exact) mass is 449 g/mol. The normalized spacial score (nSPS) is 11.9. The lowest BCUT2D eigenvalue weighted by Crippen LogP contribution is -2.12. The second kappa shape index (κ2) is 8.40. The van der Waals surface area contributed by atoms with Crippen LogP contribution >= 0.6 is 11.6 Å². The summed E-state index contributed by atoms with van der Waals surface area (Å²) in [6, 6.07) is 11.3. The van der Waals surface area contributed by atoms with Crippen LogP contribution in [0.2, 0.25) is 5.15 Å². The maximum Gasteiger partial charge on any atom is 0.196 e. The summed E-state index contributed by atoms with van der Waals surface area (Å²) < 4.78 is 26.5. The molecule has 1 atom stereocenters. The van der Waals surface area contributed by atoms with Gasteiger partial charge in [0, 0.05) is 17.3 Å². The molecule has 4 rings (SSSR count). The Kier molecular flexibility index (Phi) is 5.64. The van der Waals surface area contributed by atoms with Gasteiger partial charge in [-0.05, 0) is 62.7 Å². The van der Waals surface area contributed by atoms with Crippen molar-refractivity contribution in [1.82, 2.24) is 9.97 Å². The minimum atomic E-state index is -0.625. The third-order valence-corrected chi connectivity index (χ3v) is 5.25. The van der Waals surface area contributed by atoms with E-state index < -0.39 is 11.9 Å². The SMILES string of the molecule is Cc1cc([C@@H](C)Oc2ccc(Cl)nc2C#N)c2oc(-c3ncccc3F)c(C)c(=O)c2c1. The van der Waals surface area contributed by atoms with Gasteiger partial charge < -0.3 is 9.15 Å². The lowest BCUT2D eigenvalue weighted by atomic mass is 10.0. The predicted molar refractivity (Wildman–Crippen MR) is 118 cm³/mol. The fraction of sp³-hybridized carbons (Fsp3) is 0.167. The number of aromatic nitrogens is 2. The number of nitriles is 1. The van der Waals surface area contributed by atoms with E-state index in [1.165, 1.54) is 24.4 Å². The quantitative estimate of drug-likeness (QED) is 0.373. The summed E-state index contributed by atoms with van der Waals surface area (Å²) >= 11 is 5.86. The van der Waals surface area contributed by atoms with Crippen molar-refractivity contribution in [2.45, 2.75) is 26.9 Å². The number of fused-ring (bicyclic) bond motifs is 1. The van der Waals surface area contributed by atoms with E-state index in [9.17, 15) is 14.4 Å². The highest BCUT2D eigenvalue weighted by Gasteiger charge is 2.22. The number of ether oxygens (including phenoxy) is 1. The van der Waals surface area contributed by atoms with Crippen LogP contribution in [-0.4, -0.2) is 9.97 Å². The second-order valence-electron chi connectivity index (χ2n) is 7.30. The van der Waals surface area contributed by atoms with Gasteiger partial charge >= 0.3 is 0 Å². The molecule has 0 fully saturated rings. The molecule has 0 radical (unpaired) electrons. The Labute approximate surface area is 187 Å². The molecule has 3 heterocycles. The first-order valence-corrected chi connectivity index (χ1v) is 10.1. The van der Waals surface area contributed by atoms with Crippen LogP contribution in [-0.2, 0) is 0 Å². The van der Waals surface area contributed by atoms with E-state index in [1.807, 2.05) is 19.1 Å². The van der Waals surface area contributed by atoms with Gasteiger partial charge in [-0.3, -0.25) is 4.79 Å². The molecular formula is C24H17ClFN3O3. The highest BCUT2D eigenvalue weighted by atomic mass is 35.5. The van der Waals surface area contributed by atoms with Crippen LogP contribution in [0.5, 0.6) is 5.75 Å². The Morgan fingerprint density at radius 3 is 2.75 bits per heavy atom. The molecule has 0 bridgehead atoms. The van der Waals surface area contributed by atoms with Crippen molar-refractivity contribution in [3.05, 3.63) is 86.2 Å². The number of hydrogen-bond acceptors (Lipinski definition) is 6. The Morgan fingerprint density at radius 1 is 1.25 bits per heavy atom. The Hall–Kier alpha value is -3.76. The average Bonchev–Trinajstić information content (AvgIpc) is 2.77. The van der Waals surface area contributed by atoms with Crippen molar-refractivity contribution >= 4 is 22.6 Å². The van der Waals surface area contributed by atoms with Gasteiger partial charge in [0.15, 0.2) is 28.4 Å². The summed E-state index contributed by atoms with van der Waals surface area (Å²) in [6.07, 6.45) is 0.806. The largest absolute Gasteiger partial charge is 0.483 e. The molecule has 4 aromatic rings. The number of nitrogens with zero attached hydrogens (tertiary/aromatic N) is 3. The third-order valence-electron chi connectivity index (χ3n) is 5.04. The first kappa shape index (κ1) is 21.5.